The zero-order chi connectivity index (χ0) is 11.3. The molecule has 6 heteroatoms. The SMILES string of the molecule is CCN=C(C=NC)n1ccc(C(=O)O)n1. The summed E-state index contributed by atoms with van der Waals surface area (Å²) < 4.78 is 1.39. The van der Waals surface area contributed by atoms with Crippen LogP contribution in [0.1, 0.15) is 17.4 Å². The van der Waals surface area contributed by atoms with Crippen molar-refractivity contribution < 1.29 is 9.90 Å². The first-order valence-corrected chi connectivity index (χ1v) is 4.45. The highest BCUT2D eigenvalue weighted by atomic mass is 16.4. The van der Waals surface area contributed by atoms with Gasteiger partial charge >= 0.3 is 5.97 Å². The molecule has 0 atom stereocenters. The Labute approximate surface area is 87.0 Å². The van der Waals surface area contributed by atoms with E-state index in [1.807, 2.05) is 6.92 Å². The Bertz CT molecular complexity index is 406. The molecule has 1 heterocycles. The summed E-state index contributed by atoms with van der Waals surface area (Å²) in [5.41, 5.74) is -0.0108. The molecule has 0 bridgehead atoms. The molecule has 0 fully saturated rings. The van der Waals surface area contributed by atoms with Gasteiger partial charge in [-0.1, -0.05) is 0 Å². The second-order valence-electron chi connectivity index (χ2n) is 2.67. The van der Waals surface area contributed by atoms with Gasteiger partial charge in [-0.3, -0.25) is 9.98 Å². The monoisotopic (exact) mass is 208 g/mol. The maximum Gasteiger partial charge on any atom is 0.356 e. The molecule has 0 saturated heterocycles. The molecule has 0 saturated carbocycles. The highest BCUT2D eigenvalue weighted by Gasteiger charge is 2.08. The number of carbonyl (C=O) groups is 1. The topological polar surface area (TPSA) is 79.8 Å². The van der Waals surface area contributed by atoms with Crippen LogP contribution in [0.15, 0.2) is 22.2 Å². The molecular weight excluding hydrogens is 196 g/mol. The Morgan fingerprint density at radius 1 is 1.73 bits per heavy atom. The minimum atomic E-state index is -1.06. The summed E-state index contributed by atoms with van der Waals surface area (Å²) in [5.74, 6) is -0.537. The molecule has 1 rings (SSSR count). The molecule has 1 aromatic rings. The molecule has 0 aromatic carbocycles. The first-order chi connectivity index (χ1) is 7.19. The predicted octanol–water partition coefficient (Wildman–Crippen LogP) is 0.548. The van der Waals surface area contributed by atoms with Crippen LogP contribution in [0, 0.1) is 0 Å². The number of aromatic carboxylic acids is 1. The summed E-state index contributed by atoms with van der Waals surface area (Å²) in [6, 6.07) is 1.41. The van der Waals surface area contributed by atoms with E-state index in [4.69, 9.17) is 5.11 Å². The number of aromatic nitrogens is 2. The smallest absolute Gasteiger partial charge is 0.356 e. The number of carboxylic acids is 1. The standard InChI is InChI=1S/C9H12N4O2/c1-3-11-8(6-10-2)13-5-4-7(12-13)9(14)15/h4-6H,3H2,1-2H3,(H,14,15). The van der Waals surface area contributed by atoms with Crippen LogP contribution >= 0.6 is 0 Å². The van der Waals surface area contributed by atoms with Crippen molar-refractivity contribution in [1.29, 1.82) is 0 Å². The fourth-order valence-corrected chi connectivity index (χ4v) is 1.02. The van der Waals surface area contributed by atoms with Crippen LogP contribution in [0.5, 0.6) is 0 Å². The van der Waals surface area contributed by atoms with Crippen LogP contribution in [0.25, 0.3) is 0 Å². The third-order valence-electron chi connectivity index (χ3n) is 1.61. The Kier molecular flexibility index (Phi) is 3.73. The van der Waals surface area contributed by atoms with Gasteiger partial charge in [0, 0.05) is 19.8 Å². The largest absolute Gasteiger partial charge is 0.476 e. The molecule has 0 radical (unpaired) electrons. The van der Waals surface area contributed by atoms with Gasteiger partial charge in [-0.2, -0.15) is 5.10 Å². The van der Waals surface area contributed by atoms with Gasteiger partial charge in [-0.15, -0.1) is 0 Å². The van der Waals surface area contributed by atoms with E-state index in [1.54, 1.807) is 13.2 Å². The van der Waals surface area contributed by atoms with E-state index in [1.165, 1.54) is 17.0 Å². The Morgan fingerprint density at radius 3 is 2.93 bits per heavy atom. The van der Waals surface area contributed by atoms with Gasteiger partial charge < -0.3 is 5.11 Å². The second kappa shape index (κ2) is 5.04. The highest BCUT2D eigenvalue weighted by Crippen LogP contribution is 1.95. The Hall–Kier alpha value is -1.98. The Morgan fingerprint density at radius 2 is 2.47 bits per heavy atom. The molecule has 0 amide bonds. The van der Waals surface area contributed by atoms with Crippen LogP contribution in [0.2, 0.25) is 0 Å². The van der Waals surface area contributed by atoms with Crippen molar-refractivity contribution in [1.82, 2.24) is 9.78 Å². The van der Waals surface area contributed by atoms with Gasteiger partial charge in [0.15, 0.2) is 11.5 Å². The number of hydrogen-bond donors (Lipinski definition) is 1. The number of hydrogen-bond acceptors (Lipinski definition) is 4. The lowest BCUT2D eigenvalue weighted by molar-refractivity contribution is 0.0690. The average Bonchev–Trinajstić information content (AvgIpc) is 2.66. The number of carboxylic acid groups (broad SMARTS) is 1. The van der Waals surface area contributed by atoms with Crippen molar-refractivity contribution in [3.8, 4) is 0 Å². The lowest BCUT2D eigenvalue weighted by Gasteiger charge is -1.98. The van der Waals surface area contributed by atoms with E-state index in [-0.39, 0.29) is 5.69 Å². The zero-order valence-corrected chi connectivity index (χ0v) is 8.58. The molecule has 15 heavy (non-hydrogen) atoms. The maximum absolute atomic E-state index is 10.6. The second-order valence-corrected chi connectivity index (χ2v) is 2.67. The summed E-state index contributed by atoms with van der Waals surface area (Å²) in [4.78, 5) is 18.6. The van der Waals surface area contributed by atoms with Gasteiger partial charge in [0.1, 0.15) is 0 Å². The highest BCUT2D eigenvalue weighted by molar-refractivity contribution is 6.30. The van der Waals surface area contributed by atoms with Crippen molar-refractivity contribution >= 4 is 18.0 Å². The molecule has 0 spiro atoms. The predicted molar refractivity (Wildman–Crippen MR) is 57.0 cm³/mol. The molecule has 6 nitrogen and oxygen atoms in total. The molecule has 1 aromatic heterocycles. The normalized spacial score (nSPS) is 12.3. The molecule has 1 N–H and O–H groups in total. The van der Waals surface area contributed by atoms with Crippen LogP contribution < -0.4 is 0 Å². The average molecular weight is 208 g/mol. The van der Waals surface area contributed by atoms with E-state index >= 15 is 0 Å². The van der Waals surface area contributed by atoms with Gasteiger partial charge in [-0.05, 0) is 13.0 Å². The van der Waals surface area contributed by atoms with Crippen molar-refractivity contribution in [3.05, 3.63) is 18.0 Å². The summed E-state index contributed by atoms with van der Waals surface area (Å²) >= 11 is 0. The fraction of sp³-hybridized carbons (Fsp3) is 0.333. The van der Waals surface area contributed by atoms with Crippen LogP contribution in [-0.4, -0.2) is 46.5 Å². The van der Waals surface area contributed by atoms with Crippen molar-refractivity contribution in [2.24, 2.45) is 9.98 Å². The molecule has 0 aliphatic carbocycles. The van der Waals surface area contributed by atoms with Gasteiger partial charge in [-0.25, -0.2) is 9.48 Å². The van der Waals surface area contributed by atoms with Crippen LogP contribution in [-0.2, 0) is 0 Å². The van der Waals surface area contributed by atoms with E-state index in [2.05, 4.69) is 15.1 Å². The fourth-order valence-electron chi connectivity index (χ4n) is 1.02. The molecule has 80 valence electrons. The van der Waals surface area contributed by atoms with Crippen LogP contribution in [0.4, 0.5) is 0 Å². The minimum absolute atomic E-state index is 0.0108. The number of aliphatic imine (C=N–C) groups is 2. The summed E-state index contributed by atoms with van der Waals surface area (Å²) in [6.07, 6.45) is 3.07. The third-order valence-corrected chi connectivity index (χ3v) is 1.61. The van der Waals surface area contributed by atoms with Gasteiger partial charge in [0.05, 0.1) is 6.21 Å². The molecule has 0 aliphatic rings. The molecule has 0 unspecified atom stereocenters. The van der Waals surface area contributed by atoms with Gasteiger partial charge in [0.2, 0.25) is 0 Å². The van der Waals surface area contributed by atoms with E-state index < -0.39 is 5.97 Å². The summed E-state index contributed by atoms with van der Waals surface area (Å²) in [7, 11) is 1.62. The van der Waals surface area contributed by atoms with Crippen molar-refractivity contribution in [2.45, 2.75) is 6.92 Å². The maximum atomic E-state index is 10.6. The minimum Gasteiger partial charge on any atom is -0.476 e. The molecule has 0 aliphatic heterocycles. The van der Waals surface area contributed by atoms with Crippen molar-refractivity contribution in [3.63, 3.8) is 0 Å². The lowest BCUT2D eigenvalue weighted by atomic mass is 10.5. The zero-order valence-electron chi connectivity index (χ0n) is 8.58. The third kappa shape index (κ3) is 2.73. The molecular formula is C9H12N4O2. The van der Waals surface area contributed by atoms with E-state index in [0.29, 0.717) is 12.4 Å². The summed E-state index contributed by atoms with van der Waals surface area (Å²) in [5, 5.41) is 12.5. The van der Waals surface area contributed by atoms with Crippen molar-refractivity contribution in [2.75, 3.05) is 13.6 Å². The van der Waals surface area contributed by atoms with Gasteiger partial charge in [0.25, 0.3) is 0 Å². The summed E-state index contributed by atoms with van der Waals surface area (Å²) in [6.45, 7) is 2.47. The first kappa shape index (κ1) is 11.1. The lowest BCUT2D eigenvalue weighted by Crippen LogP contribution is -2.15. The number of rotatable bonds is 3. The van der Waals surface area contributed by atoms with E-state index in [9.17, 15) is 4.79 Å². The first-order valence-electron chi connectivity index (χ1n) is 4.45. The van der Waals surface area contributed by atoms with Crippen LogP contribution in [0.3, 0.4) is 0 Å². The number of nitrogens with zero attached hydrogens (tertiary/aromatic N) is 4. The van der Waals surface area contributed by atoms with E-state index in [0.717, 1.165) is 0 Å². The quantitative estimate of drug-likeness (QED) is 0.581. The Balaban J connectivity index is 3.02.